The van der Waals surface area contributed by atoms with E-state index in [4.69, 9.17) is 4.74 Å². The highest BCUT2D eigenvalue weighted by molar-refractivity contribution is 6.16. The molecule has 0 aromatic rings. The molecule has 1 saturated heterocycles. The second-order valence-electron chi connectivity index (χ2n) is 8.87. The molecule has 0 N–H and O–H groups in total. The topological polar surface area (TPSA) is 84.0 Å². The molecular formula is C18H26N2O5. The van der Waals surface area contributed by atoms with Crippen LogP contribution in [-0.2, 0) is 19.1 Å². The molecule has 0 saturated carbocycles. The molecule has 0 bridgehead atoms. The molecule has 7 nitrogen and oxygen atoms in total. The SMILES string of the molecule is CC(C)(C)CC(=O)C1(N2C(=O)C=CC2=O)CN(C(=O)OC(C)(C)C)C1. The van der Waals surface area contributed by atoms with Gasteiger partial charge in [0.15, 0.2) is 5.78 Å². The molecule has 0 aromatic carbocycles. The summed E-state index contributed by atoms with van der Waals surface area (Å²) in [5, 5.41) is 0. The maximum absolute atomic E-state index is 12.9. The summed E-state index contributed by atoms with van der Waals surface area (Å²) in [6, 6.07) is 0. The minimum absolute atomic E-state index is 0.0318. The zero-order valence-electron chi connectivity index (χ0n) is 15.7. The Morgan fingerprint density at radius 1 is 1.04 bits per heavy atom. The predicted octanol–water partition coefficient (Wildman–Crippen LogP) is 1.91. The number of hydrogen-bond acceptors (Lipinski definition) is 5. The zero-order valence-corrected chi connectivity index (χ0v) is 15.7. The van der Waals surface area contributed by atoms with Crippen LogP contribution in [0.3, 0.4) is 0 Å². The van der Waals surface area contributed by atoms with Crippen molar-refractivity contribution in [1.82, 2.24) is 9.80 Å². The molecule has 138 valence electrons. The fourth-order valence-electron chi connectivity index (χ4n) is 2.95. The van der Waals surface area contributed by atoms with Crippen molar-refractivity contribution < 1.29 is 23.9 Å². The summed E-state index contributed by atoms with van der Waals surface area (Å²) in [6.07, 6.45) is 1.96. The molecule has 0 aliphatic carbocycles. The van der Waals surface area contributed by atoms with Crippen LogP contribution in [0.1, 0.15) is 48.0 Å². The van der Waals surface area contributed by atoms with E-state index < -0.39 is 29.0 Å². The van der Waals surface area contributed by atoms with Crippen LogP contribution in [-0.4, -0.2) is 57.7 Å². The van der Waals surface area contributed by atoms with Crippen LogP contribution in [0.2, 0.25) is 0 Å². The van der Waals surface area contributed by atoms with Crippen molar-refractivity contribution in [2.24, 2.45) is 5.41 Å². The van der Waals surface area contributed by atoms with E-state index in [9.17, 15) is 19.2 Å². The molecule has 7 heteroatoms. The van der Waals surface area contributed by atoms with Gasteiger partial charge >= 0.3 is 6.09 Å². The van der Waals surface area contributed by atoms with E-state index in [2.05, 4.69) is 0 Å². The first-order valence-electron chi connectivity index (χ1n) is 8.33. The molecule has 0 radical (unpaired) electrons. The summed E-state index contributed by atoms with van der Waals surface area (Å²) >= 11 is 0. The molecule has 0 aromatic heterocycles. The van der Waals surface area contributed by atoms with Crippen molar-refractivity contribution in [2.45, 2.75) is 59.1 Å². The van der Waals surface area contributed by atoms with Gasteiger partial charge in [-0.1, -0.05) is 20.8 Å². The Kier molecular flexibility index (Phi) is 4.57. The van der Waals surface area contributed by atoms with Crippen molar-refractivity contribution >= 4 is 23.7 Å². The van der Waals surface area contributed by atoms with Gasteiger partial charge < -0.3 is 9.64 Å². The molecule has 2 heterocycles. The highest BCUT2D eigenvalue weighted by Crippen LogP contribution is 2.36. The van der Waals surface area contributed by atoms with E-state index in [0.29, 0.717) is 0 Å². The van der Waals surface area contributed by atoms with Crippen LogP contribution in [0.25, 0.3) is 0 Å². The van der Waals surface area contributed by atoms with Gasteiger partial charge in [0.05, 0.1) is 13.1 Å². The predicted molar refractivity (Wildman–Crippen MR) is 90.6 cm³/mol. The largest absolute Gasteiger partial charge is 0.444 e. The first-order valence-corrected chi connectivity index (χ1v) is 8.33. The number of ether oxygens (including phenoxy) is 1. The summed E-state index contributed by atoms with van der Waals surface area (Å²) in [7, 11) is 0. The molecule has 2 rings (SSSR count). The van der Waals surface area contributed by atoms with Crippen LogP contribution < -0.4 is 0 Å². The summed E-state index contributed by atoms with van der Waals surface area (Å²) in [5.41, 5.74) is -2.26. The van der Waals surface area contributed by atoms with Gasteiger partial charge in [-0.05, 0) is 26.2 Å². The van der Waals surface area contributed by atoms with Crippen LogP contribution in [0.5, 0.6) is 0 Å². The molecule has 2 aliphatic rings. The van der Waals surface area contributed by atoms with Crippen LogP contribution in [0.15, 0.2) is 12.2 Å². The second-order valence-corrected chi connectivity index (χ2v) is 8.87. The Morgan fingerprint density at radius 3 is 1.92 bits per heavy atom. The number of hydrogen-bond donors (Lipinski definition) is 0. The molecule has 0 atom stereocenters. The highest BCUT2D eigenvalue weighted by Gasteiger charge is 2.59. The van der Waals surface area contributed by atoms with Crippen LogP contribution in [0, 0.1) is 5.41 Å². The number of imide groups is 1. The quantitative estimate of drug-likeness (QED) is 0.726. The third-order valence-corrected chi connectivity index (χ3v) is 4.00. The van der Waals surface area contributed by atoms with E-state index in [1.165, 1.54) is 4.90 Å². The molecule has 0 unspecified atom stereocenters. The summed E-state index contributed by atoms with van der Waals surface area (Å²) in [4.78, 5) is 51.7. The molecule has 1 fully saturated rings. The number of carbonyl (C=O) groups is 4. The number of rotatable bonds is 3. The summed E-state index contributed by atoms with van der Waals surface area (Å²) < 4.78 is 5.30. The lowest BCUT2D eigenvalue weighted by atomic mass is 9.76. The molecule has 2 aliphatic heterocycles. The molecule has 25 heavy (non-hydrogen) atoms. The monoisotopic (exact) mass is 350 g/mol. The summed E-state index contributed by atoms with van der Waals surface area (Å²) in [5.74, 6) is -1.25. The first kappa shape index (κ1) is 19.1. The van der Waals surface area contributed by atoms with E-state index in [1.807, 2.05) is 20.8 Å². The maximum atomic E-state index is 12.9. The van der Waals surface area contributed by atoms with Crippen molar-refractivity contribution in [3.05, 3.63) is 12.2 Å². The lowest BCUT2D eigenvalue weighted by Gasteiger charge is -2.52. The van der Waals surface area contributed by atoms with Gasteiger partial charge in [-0.15, -0.1) is 0 Å². The zero-order chi connectivity index (χ0) is 19.2. The third-order valence-electron chi connectivity index (χ3n) is 4.00. The normalized spacial score (nSPS) is 19.9. The average molecular weight is 350 g/mol. The smallest absolute Gasteiger partial charge is 0.410 e. The molecule has 3 amide bonds. The minimum Gasteiger partial charge on any atom is -0.444 e. The Bertz CT molecular complexity index is 627. The van der Waals surface area contributed by atoms with Gasteiger partial charge in [0.2, 0.25) is 0 Å². The average Bonchev–Trinajstić information content (AvgIpc) is 2.65. The Balaban J connectivity index is 2.23. The van der Waals surface area contributed by atoms with Gasteiger partial charge in [-0.2, -0.15) is 0 Å². The first-order chi connectivity index (χ1) is 11.3. The fourth-order valence-corrected chi connectivity index (χ4v) is 2.95. The molecular weight excluding hydrogens is 324 g/mol. The number of likely N-dealkylation sites (tertiary alicyclic amines) is 1. The Labute approximate surface area is 148 Å². The third kappa shape index (κ3) is 3.91. The van der Waals surface area contributed by atoms with Crippen molar-refractivity contribution in [3.63, 3.8) is 0 Å². The van der Waals surface area contributed by atoms with Gasteiger partial charge in [0, 0.05) is 18.6 Å². The number of amides is 3. The molecule has 0 spiro atoms. The van der Waals surface area contributed by atoms with Gasteiger partial charge in [0.1, 0.15) is 11.1 Å². The van der Waals surface area contributed by atoms with Gasteiger partial charge in [-0.3, -0.25) is 19.3 Å². The van der Waals surface area contributed by atoms with E-state index in [-0.39, 0.29) is 30.7 Å². The number of Topliss-reactive ketones (excluding diaryl/α,β-unsaturated/α-hetero) is 1. The Hall–Kier alpha value is -2.18. The maximum Gasteiger partial charge on any atom is 0.410 e. The lowest BCUT2D eigenvalue weighted by Crippen LogP contribution is -2.76. The number of ketones is 1. The lowest BCUT2D eigenvalue weighted by molar-refractivity contribution is -0.162. The fraction of sp³-hybridized carbons (Fsp3) is 0.667. The van der Waals surface area contributed by atoms with Crippen LogP contribution >= 0.6 is 0 Å². The number of carbonyl (C=O) groups excluding carboxylic acids is 4. The second kappa shape index (κ2) is 5.97. The van der Waals surface area contributed by atoms with E-state index in [0.717, 1.165) is 17.1 Å². The van der Waals surface area contributed by atoms with Crippen molar-refractivity contribution in [3.8, 4) is 0 Å². The summed E-state index contributed by atoms with van der Waals surface area (Å²) in [6.45, 7) is 10.9. The van der Waals surface area contributed by atoms with Crippen molar-refractivity contribution in [2.75, 3.05) is 13.1 Å². The van der Waals surface area contributed by atoms with Gasteiger partial charge in [0.25, 0.3) is 11.8 Å². The van der Waals surface area contributed by atoms with E-state index in [1.54, 1.807) is 20.8 Å². The van der Waals surface area contributed by atoms with Crippen molar-refractivity contribution in [1.29, 1.82) is 0 Å². The minimum atomic E-state index is -1.30. The standard InChI is InChI=1S/C18H26N2O5/c1-16(2,3)9-12(21)18(20-13(22)7-8-14(20)23)10-19(11-18)15(24)25-17(4,5)6/h7-8H,9-11H2,1-6H3. The van der Waals surface area contributed by atoms with Crippen LogP contribution in [0.4, 0.5) is 4.79 Å². The number of nitrogens with zero attached hydrogens (tertiary/aromatic N) is 2. The van der Waals surface area contributed by atoms with Gasteiger partial charge in [-0.25, -0.2) is 4.79 Å². The highest BCUT2D eigenvalue weighted by atomic mass is 16.6. The Morgan fingerprint density at radius 2 is 1.52 bits per heavy atom. The van der Waals surface area contributed by atoms with E-state index >= 15 is 0 Å².